The maximum Gasteiger partial charge on any atom is 0.249 e. The van der Waals surface area contributed by atoms with Gasteiger partial charge in [0, 0.05) is 12.5 Å². The van der Waals surface area contributed by atoms with Crippen LogP contribution in [0.2, 0.25) is 0 Å². The summed E-state index contributed by atoms with van der Waals surface area (Å²) in [4.78, 5) is 12.8. The Morgan fingerprint density at radius 1 is 1.42 bits per heavy atom. The maximum absolute atomic E-state index is 9.66. The monoisotopic (exact) mass is 181 g/mol. The summed E-state index contributed by atoms with van der Waals surface area (Å²) in [6, 6.07) is 2.43. The molecule has 0 unspecified atom stereocenters. The molecular weight excluding hydrogens is 170 g/mol. The molecule has 0 bridgehead atoms. The van der Waals surface area contributed by atoms with Gasteiger partial charge in [-0.15, -0.1) is 4.99 Å². The van der Waals surface area contributed by atoms with E-state index in [-0.39, 0.29) is 0 Å². The van der Waals surface area contributed by atoms with E-state index >= 15 is 0 Å². The fourth-order valence-corrected chi connectivity index (χ4v) is 2.41. The summed E-state index contributed by atoms with van der Waals surface area (Å²) in [7, 11) is 0. The Hall–Kier alpha value is -0.710. The van der Waals surface area contributed by atoms with Crippen molar-refractivity contribution in [2.24, 2.45) is 10.9 Å². The minimum Gasteiger partial charge on any atom is -0.210 e. The zero-order chi connectivity index (χ0) is 8.65. The number of rotatable bonds is 1. The smallest absolute Gasteiger partial charge is 0.210 e. The van der Waals surface area contributed by atoms with E-state index in [4.69, 9.17) is 0 Å². The Kier molecular flexibility index (Phi) is 4.60. The van der Waals surface area contributed by atoms with Gasteiger partial charge in [-0.1, -0.05) is 5.92 Å². The third-order valence-electron chi connectivity index (χ3n) is 1.91. The zero-order valence-corrected chi connectivity index (χ0v) is 7.69. The molecule has 64 valence electrons. The standard InChI is InChI=1S/C9H11NOS/c11-8-10-5-1-2-9-3-6-12-7-4-9/h9H,2-4,6-7H2. The third kappa shape index (κ3) is 3.61. The quantitative estimate of drug-likeness (QED) is 0.351. The summed E-state index contributed by atoms with van der Waals surface area (Å²) in [5.74, 6) is 6.10. The molecule has 3 heteroatoms. The van der Waals surface area contributed by atoms with Crippen LogP contribution in [0.15, 0.2) is 4.99 Å². The van der Waals surface area contributed by atoms with Gasteiger partial charge in [0.1, 0.15) is 0 Å². The molecule has 0 N–H and O–H groups in total. The van der Waals surface area contributed by atoms with E-state index in [1.54, 1.807) is 0 Å². The third-order valence-corrected chi connectivity index (χ3v) is 2.96. The van der Waals surface area contributed by atoms with Crippen LogP contribution < -0.4 is 0 Å². The lowest BCUT2D eigenvalue weighted by Crippen LogP contribution is -2.08. The fourth-order valence-electron chi connectivity index (χ4n) is 1.20. The van der Waals surface area contributed by atoms with Crippen molar-refractivity contribution in [3.8, 4) is 12.0 Å². The van der Waals surface area contributed by atoms with Crippen LogP contribution in [0.3, 0.4) is 0 Å². The molecule has 0 aromatic heterocycles. The molecule has 1 saturated heterocycles. The second-order valence-electron chi connectivity index (χ2n) is 2.75. The van der Waals surface area contributed by atoms with Crippen LogP contribution in [0.4, 0.5) is 0 Å². The van der Waals surface area contributed by atoms with Crippen molar-refractivity contribution in [3.63, 3.8) is 0 Å². The summed E-state index contributed by atoms with van der Waals surface area (Å²) < 4.78 is 0. The molecule has 0 aromatic carbocycles. The second-order valence-corrected chi connectivity index (χ2v) is 3.98. The Morgan fingerprint density at radius 2 is 2.17 bits per heavy atom. The minimum absolute atomic E-state index is 0.723. The first-order valence-electron chi connectivity index (χ1n) is 4.06. The molecule has 1 aliphatic rings. The molecule has 0 radical (unpaired) electrons. The highest BCUT2D eigenvalue weighted by molar-refractivity contribution is 7.99. The first kappa shape index (κ1) is 9.38. The second kappa shape index (κ2) is 5.88. The summed E-state index contributed by atoms with van der Waals surface area (Å²) in [6.45, 7) is 0. The van der Waals surface area contributed by atoms with Crippen LogP contribution in [-0.2, 0) is 4.79 Å². The predicted octanol–water partition coefficient (Wildman–Crippen LogP) is 1.82. The van der Waals surface area contributed by atoms with Gasteiger partial charge in [-0.2, -0.15) is 11.8 Å². The SMILES string of the molecule is O=C=NC#CCC1CCSCC1. The number of isocyanates is 1. The van der Waals surface area contributed by atoms with Crippen LogP contribution in [0.1, 0.15) is 19.3 Å². The van der Waals surface area contributed by atoms with Gasteiger partial charge in [0.05, 0.1) is 0 Å². The largest absolute Gasteiger partial charge is 0.249 e. The Morgan fingerprint density at radius 3 is 2.83 bits per heavy atom. The van der Waals surface area contributed by atoms with Crippen molar-refractivity contribution in [2.75, 3.05) is 11.5 Å². The lowest BCUT2D eigenvalue weighted by Gasteiger charge is -2.18. The van der Waals surface area contributed by atoms with Crippen molar-refractivity contribution in [1.29, 1.82) is 0 Å². The van der Waals surface area contributed by atoms with Gasteiger partial charge < -0.3 is 0 Å². The molecule has 0 aromatic rings. The topological polar surface area (TPSA) is 29.4 Å². The van der Waals surface area contributed by atoms with Crippen LogP contribution in [0, 0.1) is 17.9 Å². The van der Waals surface area contributed by atoms with E-state index in [1.165, 1.54) is 30.4 Å². The molecule has 1 fully saturated rings. The van der Waals surface area contributed by atoms with Crippen LogP contribution in [0.25, 0.3) is 0 Å². The van der Waals surface area contributed by atoms with Crippen LogP contribution in [0.5, 0.6) is 0 Å². The van der Waals surface area contributed by atoms with Gasteiger partial charge in [-0.05, 0) is 30.3 Å². The molecule has 1 heterocycles. The van der Waals surface area contributed by atoms with Crippen molar-refractivity contribution >= 4 is 17.8 Å². The number of aliphatic imine (C=N–C) groups is 1. The zero-order valence-electron chi connectivity index (χ0n) is 6.88. The number of hydrogen-bond acceptors (Lipinski definition) is 3. The number of nitrogens with zero attached hydrogens (tertiary/aromatic N) is 1. The summed E-state index contributed by atoms with van der Waals surface area (Å²) in [5.41, 5.74) is 0. The van der Waals surface area contributed by atoms with Crippen LogP contribution >= 0.6 is 11.8 Å². The predicted molar refractivity (Wildman–Crippen MR) is 50.6 cm³/mol. The maximum atomic E-state index is 9.66. The van der Waals surface area contributed by atoms with E-state index in [0.717, 1.165) is 12.3 Å². The molecule has 0 saturated carbocycles. The van der Waals surface area contributed by atoms with Crippen molar-refractivity contribution in [2.45, 2.75) is 19.3 Å². The van der Waals surface area contributed by atoms with E-state index < -0.39 is 0 Å². The Balaban J connectivity index is 2.22. The normalized spacial score (nSPS) is 17.3. The molecule has 0 atom stereocenters. The molecule has 0 amide bonds. The fraction of sp³-hybridized carbons (Fsp3) is 0.667. The van der Waals surface area contributed by atoms with E-state index in [0.29, 0.717) is 0 Å². The average Bonchev–Trinajstić information content (AvgIpc) is 2.14. The molecule has 12 heavy (non-hydrogen) atoms. The lowest BCUT2D eigenvalue weighted by molar-refractivity contribution is 0.504. The molecule has 1 rings (SSSR count). The summed E-state index contributed by atoms with van der Waals surface area (Å²) in [6.07, 6.45) is 4.79. The van der Waals surface area contributed by atoms with Crippen molar-refractivity contribution in [3.05, 3.63) is 0 Å². The molecule has 0 spiro atoms. The summed E-state index contributed by atoms with van der Waals surface area (Å²) in [5, 5.41) is 0. The van der Waals surface area contributed by atoms with E-state index in [1.807, 2.05) is 11.8 Å². The Labute approximate surface area is 76.8 Å². The molecule has 2 nitrogen and oxygen atoms in total. The highest BCUT2D eigenvalue weighted by atomic mass is 32.2. The molecule has 0 aliphatic carbocycles. The van der Waals surface area contributed by atoms with Gasteiger partial charge >= 0.3 is 0 Å². The van der Waals surface area contributed by atoms with Gasteiger partial charge in [0.25, 0.3) is 0 Å². The van der Waals surface area contributed by atoms with E-state index in [2.05, 4.69) is 17.0 Å². The number of carbonyl (C=O) groups excluding carboxylic acids is 1. The van der Waals surface area contributed by atoms with Crippen molar-refractivity contribution in [1.82, 2.24) is 0 Å². The Bertz CT molecular complexity index is 229. The molecule has 1 aliphatic heterocycles. The minimum atomic E-state index is 0.723. The highest BCUT2D eigenvalue weighted by Crippen LogP contribution is 2.24. The summed E-state index contributed by atoms with van der Waals surface area (Å²) >= 11 is 2.01. The van der Waals surface area contributed by atoms with Crippen LogP contribution in [-0.4, -0.2) is 17.6 Å². The van der Waals surface area contributed by atoms with Gasteiger partial charge in [0.2, 0.25) is 6.08 Å². The lowest BCUT2D eigenvalue weighted by atomic mass is 10.00. The highest BCUT2D eigenvalue weighted by Gasteiger charge is 2.11. The first-order chi connectivity index (χ1) is 5.93. The first-order valence-corrected chi connectivity index (χ1v) is 5.21. The van der Waals surface area contributed by atoms with Gasteiger partial charge in [-0.3, -0.25) is 0 Å². The van der Waals surface area contributed by atoms with Gasteiger partial charge in [0.15, 0.2) is 0 Å². The van der Waals surface area contributed by atoms with E-state index in [9.17, 15) is 4.79 Å². The average molecular weight is 181 g/mol. The molecular formula is C9H11NOS. The number of thioether (sulfide) groups is 1. The number of hydrogen-bond donors (Lipinski definition) is 0. The van der Waals surface area contributed by atoms with Gasteiger partial charge in [-0.25, -0.2) is 4.79 Å². The van der Waals surface area contributed by atoms with Crippen molar-refractivity contribution < 1.29 is 4.79 Å².